The molecule has 0 saturated heterocycles. The van der Waals surface area contributed by atoms with Gasteiger partial charge < -0.3 is 15.2 Å². The van der Waals surface area contributed by atoms with Crippen LogP contribution in [0.5, 0.6) is 5.75 Å². The van der Waals surface area contributed by atoms with E-state index in [2.05, 4.69) is 31.7 Å². The van der Waals surface area contributed by atoms with Crippen LogP contribution in [0, 0.1) is 0 Å². The van der Waals surface area contributed by atoms with Crippen LogP contribution in [0.2, 0.25) is 0 Å². The Labute approximate surface area is 173 Å². The molecule has 7 nitrogen and oxygen atoms in total. The van der Waals surface area contributed by atoms with E-state index in [9.17, 15) is 5.11 Å². The number of hydrogen-bond acceptors (Lipinski definition) is 9. The highest BCUT2D eigenvalue weighted by Gasteiger charge is 2.21. The number of thioether (sulfide) groups is 1. The number of aliphatic hydroxyl groups is 1. The van der Waals surface area contributed by atoms with Gasteiger partial charge in [-0.25, -0.2) is 9.97 Å². The molecule has 9 heteroatoms. The average Bonchev–Trinajstić information content (AvgIpc) is 2.70. The summed E-state index contributed by atoms with van der Waals surface area (Å²) < 4.78 is 9.25. The number of anilines is 1. The van der Waals surface area contributed by atoms with Gasteiger partial charge in [0.25, 0.3) is 0 Å². The number of ether oxygens (including phenoxy) is 1. The first kappa shape index (κ1) is 20.9. The van der Waals surface area contributed by atoms with E-state index in [4.69, 9.17) is 4.74 Å². The van der Waals surface area contributed by atoms with Crippen LogP contribution in [0.4, 0.5) is 5.95 Å². The maximum atomic E-state index is 9.70. The molecule has 0 radical (unpaired) electrons. The highest BCUT2D eigenvalue weighted by molar-refractivity contribution is 8.17. The van der Waals surface area contributed by atoms with Gasteiger partial charge in [0.15, 0.2) is 0 Å². The Morgan fingerprint density at radius 3 is 2.96 bits per heavy atom. The zero-order valence-corrected chi connectivity index (χ0v) is 17.4. The van der Waals surface area contributed by atoms with E-state index >= 15 is 0 Å². The summed E-state index contributed by atoms with van der Waals surface area (Å²) in [6.07, 6.45) is 6.61. The molecule has 0 amide bonds. The number of rotatable bonds is 9. The lowest BCUT2D eigenvalue weighted by molar-refractivity contribution is 0.0672. The molecule has 0 unspecified atom stereocenters. The highest BCUT2D eigenvalue weighted by atomic mass is 32.2. The zero-order chi connectivity index (χ0) is 19.8. The Morgan fingerprint density at radius 2 is 2.21 bits per heavy atom. The summed E-state index contributed by atoms with van der Waals surface area (Å²) in [7, 11) is 1.88. The number of para-hydroxylation sites is 1. The number of nitrogens with one attached hydrogen (secondary N) is 2. The van der Waals surface area contributed by atoms with E-state index in [0.29, 0.717) is 5.95 Å². The van der Waals surface area contributed by atoms with Gasteiger partial charge in [-0.3, -0.25) is 9.71 Å². The minimum atomic E-state index is -0.201. The monoisotopic (exact) mass is 419 g/mol. The second-order valence-corrected chi connectivity index (χ2v) is 8.72. The molecule has 1 saturated carbocycles. The zero-order valence-electron chi connectivity index (χ0n) is 15.8. The smallest absolute Gasteiger partial charge is 0.228 e. The van der Waals surface area contributed by atoms with Crippen molar-refractivity contribution in [2.75, 3.05) is 17.4 Å². The van der Waals surface area contributed by atoms with E-state index in [-0.39, 0.29) is 12.2 Å². The average molecular weight is 420 g/mol. The molecule has 1 aliphatic carbocycles. The molecule has 1 fully saturated rings. The molecule has 1 aromatic carbocycles. The Hall–Kier alpha value is -1.81. The van der Waals surface area contributed by atoms with Gasteiger partial charge in [0.2, 0.25) is 5.95 Å². The normalized spacial score (nSPS) is 20.1. The summed E-state index contributed by atoms with van der Waals surface area (Å²) in [4.78, 5) is 12.9. The van der Waals surface area contributed by atoms with Crippen LogP contribution in [0.3, 0.4) is 0 Å². The summed E-state index contributed by atoms with van der Waals surface area (Å²) in [6, 6.07) is 5.85. The van der Waals surface area contributed by atoms with E-state index in [1.807, 2.05) is 25.2 Å². The first-order chi connectivity index (χ1) is 13.7. The molecular formula is C19H25N5O2S2. The van der Waals surface area contributed by atoms with Crippen molar-refractivity contribution in [2.24, 2.45) is 4.99 Å². The largest absolute Gasteiger partial charge is 0.488 e. The maximum Gasteiger partial charge on any atom is 0.228 e. The molecule has 0 bridgehead atoms. The van der Waals surface area contributed by atoms with Gasteiger partial charge in [-0.1, -0.05) is 35.8 Å². The van der Waals surface area contributed by atoms with Crippen molar-refractivity contribution in [1.82, 2.24) is 14.7 Å². The van der Waals surface area contributed by atoms with Crippen molar-refractivity contribution in [3.8, 4) is 5.75 Å². The third-order valence-corrected chi connectivity index (χ3v) is 6.12. The molecule has 28 heavy (non-hydrogen) atoms. The molecule has 0 atom stereocenters. The van der Waals surface area contributed by atoms with Crippen LogP contribution < -0.4 is 14.8 Å². The molecule has 0 aliphatic heterocycles. The first-order valence-electron chi connectivity index (χ1n) is 9.14. The van der Waals surface area contributed by atoms with Gasteiger partial charge >= 0.3 is 0 Å². The van der Waals surface area contributed by atoms with Gasteiger partial charge in [0.1, 0.15) is 11.3 Å². The van der Waals surface area contributed by atoms with Crippen LogP contribution >= 0.6 is 23.7 Å². The fraction of sp³-hybridized carbons (Fsp3) is 0.421. The topological polar surface area (TPSA) is 91.7 Å². The minimum Gasteiger partial charge on any atom is -0.488 e. The van der Waals surface area contributed by atoms with Crippen LogP contribution in [-0.2, 0) is 0 Å². The number of aromatic nitrogens is 2. The van der Waals surface area contributed by atoms with Crippen molar-refractivity contribution < 1.29 is 9.84 Å². The van der Waals surface area contributed by atoms with Crippen molar-refractivity contribution in [2.45, 2.75) is 37.9 Å². The minimum absolute atomic E-state index is 0.106. The second kappa shape index (κ2) is 10.7. The number of hydrogen-bond donors (Lipinski definition) is 3. The number of fused-ring (bicyclic) bond motifs is 1. The molecule has 2 aromatic rings. The van der Waals surface area contributed by atoms with Gasteiger partial charge in [-0.05, 0) is 45.5 Å². The predicted octanol–water partition coefficient (Wildman–Crippen LogP) is 3.78. The van der Waals surface area contributed by atoms with Crippen LogP contribution in [0.15, 0.2) is 40.6 Å². The molecule has 3 N–H and O–H groups in total. The van der Waals surface area contributed by atoms with E-state index in [1.54, 1.807) is 36.1 Å². The molecule has 0 spiro atoms. The lowest BCUT2D eigenvalue weighted by Gasteiger charge is -2.26. The molecule has 3 rings (SSSR count). The van der Waals surface area contributed by atoms with Crippen molar-refractivity contribution in [3.05, 3.63) is 35.6 Å². The standard InChI is InChI=1S/C19H25N5O2S2/c1-20-11-17(27-12-28-21-2)23-19-22-10-13-4-3-5-16(18(13)24-19)26-15-8-6-14(25)7-9-15/h3-5,10-11,14-15,21,25H,1,6-9,12H2,2H3,(H,22,23,24)/b17-11-. The number of aliphatic hydroxyl groups excluding tert-OH is 1. The lowest BCUT2D eigenvalue weighted by atomic mass is 9.95. The highest BCUT2D eigenvalue weighted by Crippen LogP contribution is 2.30. The Morgan fingerprint density at radius 1 is 1.39 bits per heavy atom. The quantitative estimate of drug-likeness (QED) is 0.245. The Kier molecular flexibility index (Phi) is 7.96. The molecular weight excluding hydrogens is 394 g/mol. The number of benzene rings is 1. The fourth-order valence-corrected chi connectivity index (χ4v) is 4.50. The van der Waals surface area contributed by atoms with Crippen LogP contribution in [0.1, 0.15) is 25.7 Å². The van der Waals surface area contributed by atoms with Gasteiger partial charge in [0, 0.05) is 11.6 Å². The Balaban J connectivity index is 1.77. The van der Waals surface area contributed by atoms with Crippen LogP contribution in [0.25, 0.3) is 10.9 Å². The van der Waals surface area contributed by atoms with E-state index in [0.717, 1.165) is 52.4 Å². The van der Waals surface area contributed by atoms with Crippen molar-refractivity contribution in [3.63, 3.8) is 0 Å². The third-order valence-electron chi connectivity index (χ3n) is 4.37. The van der Waals surface area contributed by atoms with Gasteiger partial charge in [-0.2, -0.15) is 0 Å². The first-order valence-corrected chi connectivity index (χ1v) is 11.1. The lowest BCUT2D eigenvalue weighted by Crippen LogP contribution is -2.26. The summed E-state index contributed by atoms with van der Waals surface area (Å²) in [5, 5.41) is 15.4. The van der Waals surface area contributed by atoms with Crippen LogP contribution in [-0.4, -0.2) is 46.1 Å². The molecule has 1 aliphatic rings. The third kappa shape index (κ3) is 5.84. The fourth-order valence-electron chi connectivity index (χ4n) is 2.98. The molecule has 1 heterocycles. The summed E-state index contributed by atoms with van der Waals surface area (Å²) in [5.41, 5.74) is 0.770. The molecule has 150 valence electrons. The SMILES string of the molecule is C=N/C=C(/Nc1ncc2cccc(OC3CCC(O)CC3)c2n1)SCSNC. The van der Waals surface area contributed by atoms with E-state index < -0.39 is 0 Å². The maximum absolute atomic E-state index is 9.70. The summed E-state index contributed by atoms with van der Waals surface area (Å²) in [5.74, 6) is 1.23. The van der Waals surface area contributed by atoms with Crippen molar-refractivity contribution >= 4 is 47.3 Å². The van der Waals surface area contributed by atoms with Gasteiger partial charge in [0.05, 0.1) is 28.5 Å². The van der Waals surface area contributed by atoms with E-state index in [1.165, 1.54) is 0 Å². The molecule has 1 aromatic heterocycles. The predicted molar refractivity (Wildman–Crippen MR) is 119 cm³/mol. The number of aliphatic imine (C=N–C) groups is 1. The summed E-state index contributed by atoms with van der Waals surface area (Å²) in [6.45, 7) is 3.52. The van der Waals surface area contributed by atoms with Crippen molar-refractivity contribution in [1.29, 1.82) is 0 Å². The Bertz CT molecular complexity index is 825. The number of nitrogens with zero attached hydrogens (tertiary/aromatic N) is 3. The van der Waals surface area contributed by atoms with Gasteiger partial charge in [-0.15, -0.1) is 0 Å². The summed E-state index contributed by atoms with van der Waals surface area (Å²) >= 11 is 3.17. The second-order valence-electron chi connectivity index (χ2n) is 6.35.